The van der Waals surface area contributed by atoms with Crippen LogP contribution in [0, 0.1) is 0 Å². The summed E-state index contributed by atoms with van der Waals surface area (Å²) < 4.78 is 37.9. The number of hydrogen-bond donors (Lipinski definition) is 1. The fraction of sp³-hybridized carbons (Fsp3) is 0.214. The molecule has 1 aromatic heterocycles. The first-order valence-electron chi connectivity index (χ1n) is 5.83. The molecule has 0 amide bonds. The second-order valence-corrected chi connectivity index (χ2v) is 4.16. The molecule has 19 heavy (non-hydrogen) atoms. The minimum Gasteiger partial charge on any atom is -0.330 e. The predicted molar refractivity (Wildman–Crippen MR) is 67.4 cm³/mol. The first-order chi connectivity index (χ1) is 9.00. The molecule has 2 rings (SSSR count). The Kier molecular flexibility index (Phi) is 3.85. The van der Waals surface area contributed by atoms with Gasteiger partial charge in [0.05, 0.1) is 5.56 Å². The molecule has 0 aliphatic heterocycles. The summed E-state index contributed by atoms with van der Waals surface area (Å²) in [7, 11) is 0. The Morgan fingerprint density at radius 2 is 1.84 bits per heavy atom. The molecular weight excluding hydrogens is 253 g/mol. The predicted octanol–water partition coefficient (Wildman–Crippen LogP) is 3.27. The van der Waals surface area contributed by atoms with Gasteiger partial charge in [-0.2, -0.15) is 13.2 Å². The highest BCUT2D eigenvalue weighted by Gasteiger charge is 2.30. The SMILES string of the molecule is NCCc1ccc(-c2cccc(C(F)(F)F)c2)cn1. The molecule has 2 aromatic rings. The molecule has 2 nitrogen and oxygen atoms in total. The number of nitrogens with two attached hydrogens (primary N) is 1. The van der Waals surface area contributed by atoms with Gasteiger partial charge in [0.1, 0.15) is 0 Å². The summed E-state index contributed by atoms with van der Waals surface area (Å²) in [4.78, 5) is 4.18. The Balaban J connectivity index is 2.31. The Morgan fingerprint density at radius 3 is 2.42 bits per heavy atom. The second kappa shape index (κ2) is 5.40. The van der Waals surface area contributed by atoms with Crippen LogP contribution in [0.1, 0.15) is 11.3 Å². The quantitative estimate of drug-likeness (QED) is 0.926. The van der Waals surface area contributed by atoms with Crippen LogP contribution in [0.4, 0.5) is 13.2 Å². The van der Waals surface area contributed by atoms with E-state index in [0.717, 1.165) is 17.8 Å². The molecule has 0 aliphatic rings. The maximum Gasteiger partial charge on any atom is 0.416 e. The average Bonchev–Trinajstić information content (AvgIpc) is 2.39. The van der Waals surface area contributed by atoms with Gasteiger partial charge in [0.25, 0.3) is 0 Å². The minimum absolute atomic E-state index is 0.496. The summed E-state index contributed by atoms with van der Waals surface area (Å²) in [6.07, 6.45) is -2.10. The van der Waals surface area contributed by atoms with Crippen LogP contribution in [-0.4, -0.2) is 11.5 Å². The van der Waals surface area contributed by atoms with Crippen molar-refractivity contribution in [2.24, 2.45) is 5.73 Å². The summed E-state index contributed by atoms with van der Waals surface area (Å²) in [5, 5.41) is 0. The molecule has 0 radical (unpaired) electrons. The lowest BCUT2D eigenvalue weighted by Gasteiger charge is -2.09. The number of halogens is 3. The number of rotatable bonds is 3. The molecule has 100 valence electrons. The van der Waals surface area contributed by atoms with Crippen LogP contribution in [0.15, 0.2) is 42.6 Å². The zero-order valence-electron chi connectivity index (χ0n) is 10.1. The molecular formula is C14H13F3N2. The van der Waals surface area contributed by atoms with Crippen molar-refractivity contribution in [3.8, 4) is 11.1 Å². The van der Waals surface area contributed by atoms with Crippen molar-refractivity contribution < 1.29 is 13.2 Å². The molecule has 0 bridgehead atoms. The van der Waals surface area contributed by atoms with E-state index < -0.39 is 11.7 Å². The van der Waals surface area contributed by atoms with E-state index in [1.54, 1.807) is 24.4 Å². The van der Waals surface area contributed by atoms with E-state index in [4.69, 9.17) is 5.73 Å². The van der Waals surface area contributed by atoms with Crippen LogP contribution in [0.25, 0.3) is 11.1 Å². The Morgan fingerprint density at radius 1 is 1.05 bits per heavy atom. The lowest BCUT2D eigenvalue weighted by molar-refractivity contribution is -0.137. The summed E-state index contributed by atoms with van der Waals surface area (Å²) in [6, 6.07) is 8.75. The molecule has 0 spiro atoms. The molecule has 0 saturated heterocycles. The topological polar surface area (TPSA) is 38.9 Å². The Labute approximate surface area is 109 Å². The van der Waals surface area contributed by atoms with Crippen LogP contribution in [0.2, 0.25) is 0 Å². The van der Waals surface area contributed by atoms with Gasteiger partial charge in [-0.15, -0.1) is 0 Å². The largest absolute Gasteiger partial charge is 0.416 e. The van der Waals surface area contributed by atoms with Crippen molar-refractivity contribution in [1.82, 2.24) is 4.98 Å². The van der Waals surface area contributed by atoms with E-state index in [0.29, 0.717) is 24.1 Å². The third kappa shape index (κ3) is 3.32. The van der Waals surface area contributed by atoms with E-state index in [9.17, 15) is 13.2 Å². The normalized spacial score (nSPS) is 11.6. The maximum absolute atomic E-state index is 12.6. The standard InChI is InChI=1S/C14H13F3N2/c15-14(16,17)12-3-1-2-10(8-12)11-4-5-13(6-7-18)19-9-11/h1-5,8-9H,6-7,18H2. The molecule has 2 N–H and O–H groups in total. The van der Waals surface area contributed by atoms with Gasteiger partial charge < -0.3 is 5.73 Å². The Hall–Kier alpha value is -1.88. The summed E-state index contributed by atoms with van der Waals surface area (Å²) in [6.45, 7) is 0.496. The molecule has 0 atom stereocenters. The number of pyridine rings is 1. The fourth-order valence-electron chi connectivity index (χ4n) is 1.77. The van der Waals surface area contributed by atoms with Gasteiger partial charge in [0.2, 0.25) is 0 Å². The lowest BCUT2D eigenvalue weighted by Crippen LogP contribution is -2.05. The monoisotopic (exact) mass is 266 g/mol. The zero-order valence-corrected chi connectivity index (χ0v) is 10.1. The van der Waals surface area contributed by atoms with Crippen LogP contribution >= 0.6 is 0 Å². The summed E-state index contributed by atoms with van der Waals surface area (Å²) >= 11 is 0. The van der Waals surface area contributed by atoms with Gasteiger partial charge in [0, 0.05) is 23.9 Å². The van der Waals surface area contributed by atoms with Gasteiger partial charge in [-0.1, -0.05) is 18.2 Å². The van der Waals surface area contributed by atoms with Crippen LogP contribution < -0.4 is 5.73 Å². The first kappa shape index (κ1) is 13.5. The molecule has 0 fully saturated rings. The van der Waals surface area contributed by atoms with E-state index in [2.05, 4.69) is 4.98 Å². The number of alkyl halides is 3. The number of benzene rings is 1. The van der Waals surface area contributed by atoms with Crippen LogP contribution in [0.3, 0.4) is 0 Å². The highest BCUT2D eigenvalue weighted by atomic mass is 19.4. The van der Waals surface area contributed by atoms with Gasteiger partial charge in [-0.3, -0.25) is 4.98 Å². The molecule has 0 unspecified atom stereocenters. The first-order valence-corrected chi connectivity index (χ1v) is 5.83. The Bertz CT molecular complexity index is 547. The maximum atomic E-state index is 12.6. The van der Waals surface area contributed by atoms with Crippen molar-refractivity contribution in [3.63, 3.8) is 0 Å². The zero-order chi connectivity index (χ0) is 13.9. The van der Waals surface area contributed by atoms with Crippen LogP contribution in [-0.2, 0) is 12.6 Å². The van der Waals surface area contributed by atoms with E-state index >= 15 is 0 Å². The van der Waals surface area contributed by atoms with Crippen molar-refractivity contribution in [1.29, 1.82) is 0 Å². The molecule has 1 heterocycles. The van der Waals surface area contributed by atoms with Crippen LogP contribution in [0.5, 0.6) is 0 Å². The lowest BCUT2D eigenvalue weighted by atomic mass is 10.0. The fourth-order valence-corrected chi connectivity index (χ4v) is 1.77. The van der Waals surface area contributed by atoms with Gasteiger partial charge >= 0.3 is 6.18 Å². The number of hydrogen-bond acceptors (Lipinski definition) is 2. The minimum atomic E-state index is -4.33. The molecule has 5 heteroatoms. The molecule has 0 saturated carbocycles. The second-order valence-electron chi connectivity index (χ2n) is 4.16. The third-order valence-corrected chi connectivity index (χ3v) is 2.75. The average molecular weight is 266 g/mol. The number of nitrogens with zero attached hydrogens (tertiary/aromatic N) is 1. The number of aromatic nitrogens is 1. The van der Waals surface area contributed by atoms with E-state index in [1.807, 2.05) is 0 Å². The summed E-state index contributed by atoms with van der Waals surface area (Å²) in [5.41, 5.74) is 6.75. The van der Waals surface area contributed by atoms with Gasteiger partial charge in [0.15, 0.2) is 0 Å². The van der Waals surface area contributed by atoms with Crippen molar-refractivity contribution in [2.45, 2.75) is 12.6 Å². The van der Waals surface area contributed by atoms with E-state index in [1.165, 1.54) is 6.07 Å². The third-order valence-electron chi connectivity index (χ3n) is 2.75. The highest BCUT2D eigenvalue weighted by molar-refractivity contribution is 5.63. The molecule has 0 aliphatic carbocycles. The van der Waals surface area contributed by atoms with Crippen molar-refractivity contribution in [3.05, 3.63) is 53.9 Å². The smallest absolute Gasteiger partial charge is 0.330 e. The van der Waals surface area contributed by atoms with Crippen molar-refractivity contribution in [2.75, 3.05) is 6.54 Å². The van der Waals surface area contributed by atoms with Gasteiger partial charge in [-0.05, 0) is 30.3 Å². The molecule has 1 aromatic carbocycles. The van der Waals surface area contributed by atoms with E-state index in [-0.39, 0.29) is 0 Å². The highest BCUT2D eigenvalue weighted by Crippen LogP contribution is 2.31. The van der Waals surface area contributed by atoms with Crippen molar-refractivity contribution >= 4 is 0 Å². The van der Waals surface area contributed by atoms with Gasteiger partial charge in [-0.25, -0.2) is 0 Å². The summed E-state index contributed by atoms with van der Waals surface area (Å²) in [5.74, 6) is 0.